The van der Waals surface area contributed by atoms with Gasteiger partial charge in [-0.2, -0.15) is 0 Å². The van der Waals surface area contributed by atoms with Gasteiger partial charge >= 0.3 is 0 Å². The second-order valence-electron chi connectivity index (χ2n) is 7.24. The summed E-state index contributed by atoms with van der Waals surface area (Å²) in [5, 5.41) is 6.44. The van der Waals surface area contributed by atoms with Crippen molar-refractivity contribution >= 4 is 104 Å². The predicted molar refractivity (Wildman–Crippen MR) is 147 cm³/mol. The second-order valence-corrected chi connectivity index (χ2v) is 11.5. The minimum Gasteiger partial charge on any atom is -0.325 e. The summed E-state index contributed by atoms with van der Waals surface area (Å²) in [4.78, 5) is 25.9. The monoisotopic (exact) mass is 654 g/mol. The molecule has 0 saturated heterocycles. The van der Waals surface area contributed by atoms with Crippen LogP contribution in [0.4, 0.5) is 11.4 Å². The molecule has 0 radical (unpaired) electrons. The van der Waals surface area contributed by atoms with Gasteiger partial charge in [0.05, 0.1) is 16.5 Å². The highest BCUT2D eigenvalue weighted by Crippen LogP contribution is 2.40. The van der Waals surface area contributed by atoms with E-state index in [1.807, 2.05) is 12.1 Å². The van der Waals surface area contributed by atoms with Gasteiger partial charge in [-0.25, -0.2) is 0 Å². The van der Waals surface area contributed by atoms with Gasteiger partial charge in [-0.15, -0.1) is 23.2 Å². The number of hydrogen-bond acceptors (Lipinski definition) is 2. The van der Waals surface area contributed by atoms with Crippen molar-refractivity contribution < 1.29 is 9.59 Å². The van der Waals surface area contributed by atoms with Gasteiger partial charge in [-0.3, -0.25) is 9.59 Å². The molecular formula is C23H16Cl5IN2O2. The summed E-state index contributed by atoms with van der Waals surface area (Å²) in [7, 11) is 0. The zero-order valence-electron chi connectivity index (χ0n) is 16.9. The molecule has 1 atom stereocenters. The van der Waals surface area contributed by atoms with E-state index in [1.54, 1.807) is 36.4 Å². The van der Waals surface area contributed by atoms with E-state index >= 15 is 0 Å². The summed E-state index contributed by atoms with van der Waals surface area (Å²) >= 11 is 33.3. The van der Waals surface area contributed by atoms with E-state index in [4.69, 9.17) is 58.0 Å². The van der Waals surface area contributed by atoms with Crippen LogP contribution in [0.1, 0.15) is 28.8 Å². The van der Waals surface area contributed by atoms with Gasteiger partial charge in [0, 0.05) is 25.0 Å². The molecule has 0 aromatic heterocycles. The van der Waals surface area contributed by atoms with Gasteiger partial charge < -0.3 is 10.6 Å². The third-order valence-electron chi connectivity index (χ3n) is 4.57. The molecule has 0 saturated carbocycles. The smallest absolute Gasteiger partial charge is 0.257 e. The first kappa shape index (κ1) is 26.4. The fourth-order valence-electron chi connectivity index (χ4n) is 3.14. The summed E-state index contributed by atoms with van der Waals surface area (Å²) in [6.07, 6.45) is 0. The lowest BCUT2D eigenvalue weighted by atomic mass is 9.94. The Morgan fingerprint density at radius 1 is 0.848 bits per heavy atom. The standard InChI is InChI=1S/C23H16Cl5IN2O2/c1-23(27,28)20(12-8-13(24)10-14(25)9-12)22(33)31-17-6-7-19(26)18(11-17)21(32)30-16-4-2-15(29)3-5-16/h2-11,20H,1H3,(H,30,32)(H,31,33). The molecule has 33 heavy (non-hydrogen) atoms. The van der Waals surface area contributed by atoms with E-state index in [-0.39, 0.29) is 10.6 Å². The van der Waals surface area contributed by atoms with E-state index in [9.17, 15) is 9.59 Å². The van der Waals surface area contributed by atoms with Crippen molar-refractivity contribution in [1.29, 1.82) is 0 Å². The lowest BCUT2D eigenvalue weighted by Crippen LogP contribution is -2.32. The number of hydrogen-bond donors (Lipinski definition) is 2. The van der Waals surface area contributed by atoms with Gasteiger partial charge in [0.2, 0.25) is 5.91 Å². The van der Waals surface area contributed by atoms with Crippen molar-refractivity contribution in [2.75, 3.05) is 10.6 Å². The first-order chi connectivity index (χ1) is 15.4. The maximum Gasteiger partial charge on any atom is 0.257 e. The minimum absolute atomic E-state index is 0.190. The zero-order valence-corrected chi connectivity index (χ0v) is 22.9. The first-order valence-electron chi connectivity index (χ1n) is 9.45. The van der Waals surface area contributed by atoms with Crippen molar-refractivity contribution in [3.8, 4) is 0 Å². The Balaban J connectivity index is 1.86. The van der Waals surface area contributed by atoms with E-state index in [1.165, 1.54) is 19.1 Å². The Labute approximate surface area is 230 Å². The highest BCUT2D eigenvalue weighted by Gasteiger charge is 2.37. The molecule has 0 aliphatic heterocycles. The molecule has 2 amide bonds. The molecule has 0 spiro atoms. The Morgan fingerprint density at radius 2 is 1.42 bits per heavy atom. The van der Waals surface area contributed by atoms with Crippen LogP contribution in [0.5, 0.6) is 0 Å². The fourth-order valence-corrected chi connectivity index (χ4v) is 4.70. The summed E-state index contributed by atoms with van der Waals surface area (Å²) in [6, 6.07) is 16.5. The molecule has 3 aromatic rings. The van der Waals surface area contributed by atoms with E-state index in [0.29, 0.717) is 27.0 Å². The third kappa shape index (κ3) is 7.13. The normalized spacial score (nSPS) is 12.2. The predicted octanol–water partition coefficient (Wildman–Crippen LogP) is 8.42. The molecule has 3 rings (SSSR count). The number of nitrogens with one attached hydrogen (secondary N) is 2. The Morgan fingerprint density at radius 3 is 2.00 bits per heavy atom. The topological polar surface area (TPSA) is 58.2 Å². The number of alkyl halides is 2. The average molecular weight is 657 g/mol. The van der Waals surface area contributed by atoms with Crippen LogP contribution in [0.2, 0.25) is 15.1 Å². The van der Waals surface area contributed by atoms with Crippen LogP contribution in [-0.2, 0) is 4.79 Å². The second kappa shape index (κ2) is 11.0. The quantitative estimate of drug-likeness (QED) is 0.207. The van der Waals surface area contributed by atoms with Crippen molar-refractivity contribution in [1.82, 2.24) is 0 Å². The molecule has 0 bridgehead atoms. The highest BCUT2D eigenvalue weighted by molar-refractivity contribution is 14.1. The van der Waals surface area contributed by atoms with E-state index in [0.717, 1.165) is 3.57 Å². The largest absolute Gasteiger partial charge is 0.325 e. The van der Waals surface area contributed by atoms with Crippen molar-refractivity contribution in [3.63, 3.8) is 0 Å². The molecule has 4 nitrogen and oxygen atoms in total. The number of benzene rings is 3. The zero-order chi connectivity index (χ0) is 24.3. The van der Waals surface area contributed by atoms with Gasteiger partial charge in [0.15, 0.2) is 0 Å². The summed E-state index contributed by atoms with van der Waals surface area (Å²) in [5.41, 5.74) is 1.59. The number of carbonyl (C=O) groups excluding carboxylic acids is 2. The molecule has 0 aliphatic rings. The van der Waals surface area contributed by atoms with Crippen LogP contribution >= 0.6 is 80.6 Å². The van der Waals surface area contributed by atoms with E-state index in [2.05, 4.69) is 33.2 Å². The number of rotatable bonds is 6. The van der Waals surface area contributed by atoms with Crippen LogP contribution in [-0.4, -0.2) is 16.1 Å². The molecule has 10 heteroatoms. The molecule has 2 N–H and O–H groups in total. The van der Waals surface area contributed by atoms with Gasteiger partial charge in [-0.05, 0) is 95.7 Å². The molecule has 0 aliphatic carbocycles. The first-order valence-corrected chi connectivity index (χ1v) is 12.4. The average Bonchev–Trinajstić information content (AvgIpc) is 2.69. The highest BCUT2D eigenvalue weighted by atomic mass is 127. The Kier molecular flexibility index (Phi) is 8.81. The van der Waals surface area contributed by atoms with Crippen LogP contribution in [0.3, 0.4) is 0 Å². The lowest BCUT2D eigenvalue weighted by Gasteiger charge is -2.26. The molecule has 3 aromatic carbocycles. The minimum atomic E-state index is -1.48. The lowest BCUT2D eigenvalue weighted by molar-refractivity contribution is -0.117. The Hall–Kier alpha value is -1.22. The number of halogens is 6. The number of anilines is 2. The van der Waals surface area contributed by atoms with E-state index < -0.39 is 22.1 Å². The third-order valence-corrected chi connectivity index (χ3v) is 6.49. The number of amides is 2. The SMILES string of the molecule is CC(Cl)(Cl)C(C(=O)Nc1ccc(Cl)c(C(=O)Nc2ccc(I)cc2)c1)c1cc(Cl)cc(Cl)c1. The van der Waals surface area contributed by atoms with Gasteiger partial charge in [0.1, 0.15) is 4.33 Å². The number of carbonyl (C=O) groups is 2. The summed E-state index contributed by atoms with van der Waals surface area (Å²) in [5.74, 6) is -1.93. The van der Waals surface area contributed by atoms with Crippen LogP contribution < -0.4 is 10.6 Å². The van der Waals surface area contributed by atoms with Crippen molar-refractivity contribution in [2.45, 2.75) is 17.2 Å². The Bertz CT molecular complexity index is 1180. The van der Waals surface area contributed by atoms with Crippen molar-refractivity contribution in [2.24, 2.45) is 0 Å². The van der Waals surface area contributed by atoms with Gasteiger partial charge in [-0.1, -0.05) is 34.8 Å². The van der Waals surface area contributed by atoms with Gasteiger partial charge in [0.25, 0.3) is 5.91 Å². The van der Waals surface area contributed by atoms with Crippen molar-refractivity contribution in [3.05, 3.63) is 90.4 Å². The summed E-state index contributed by atoms with van der Waals surface area (Å²) < 4.78 is -0.440. The molecule has 0 fully saturated rings. The van der Waals surface area contributed by atoms with Crippen LogP contribution in [0.25, 0.3) is 0 Å². The maximum atomic E-state index is 13.2. The molecule has 1 unspecified atom stereocenters. The molecular weight excluding hydrogens is 640 g/mol. The molecule has 172 valence electrons. The maximum absolute atomic E-state index is 13.2. The fraction of sp³-hybridized carbons (Fsp3) is 0.130. The van der Waals surface area contributed by atoms with Crippen LogP contribution in [0.15, 0.2) is 60.7 Å². The molecule has 0 heterocycles. The summed E-state index contributed by atoms with van der Waals surface area (Å²) in [6.45, 7) is 1.50. The van der Waals surface area contributed by atoms with Crippen LogP contribution in [0, 0.1) is 3.57 Å².